The van der Waals surface area contributed by atoms with E-state index in [1.165, 1.54) is 5.56 Å². The Labute approximate surface area is 220 Å². The summed E-state index contributed by atoms with van der Waals surface area (Å²) in [7, 11) is 0. The van der Waals surface area contributed by atoms with Crippen molar-refractivity contribution >= 4 is 11.8 Å². The summed E-state index contributed by atoms with van der Waals surface area (Å²) in [5.74, 6) is 0.766. The lowest BCUT2D eigenvalue weighted by molar-refractivity contribution is -0.143. The minimum Gasteiger partial charge on any atom is -0.484 e. The van der Waals surface area contributed by atoms with Crippen molar-refractivity contribution in [3.05, 3.63) is 102 Å². The van der Waals surface area contributed by atoms with Gasteiger partial charge in [0.1, 0.15) is 11.8 Å². The molecule has 0 aliphatic heterocycles. The number of hydrogen-bond acceptors (Lipinski definition) is 3. The van der Waals surface area contributed by atoms with Gasteiger partial charge in [0, 0.05) is 19.0 Å². The van der Waals surface area contributed by atoms with Crippen molar-refractivity contribution in [2.24, 2.45) is 0 Å². The molecule has 194 valence electrons. The number of carbonyl (C=O) groups is 2. The normalized spacial score (nSPS) is 14.4. The lowest BCUT2D eigenvalue weighted by atomic mass is 10.0. The van der Waals surface area contributed by atoms with Gasteiger partial charge in [0.2, 0.25) is 5.91 Å². The molecule has 0 bridgehead atoms. The molecule has 3 aromatic rings. The molecule has 1 aliphatic carbocycles. The summed E-state index contributed by atoms with van der Waals surface area (Å²) < 4.78 is 5.91. The largest absolute Gasteiger partial charge is 0.484 e. The van der Waals surface area contributed by atoms with Crippen LogP contribution >= 0.6 is 0 Å². The molecule has 1 fully saturated rings. The zero-order valence-electron chi connectivity index (χ0n) is 21.9. The number of carbonyl (C=O) groups excluding carboxylic acids is 2. The topological polar surface area (TPSA) is 58.6 Å². The average Bonchev–Trinajstić information content (AvgIpc) is 3.43. The number of amides is 2. The summed E-state index contributed by atoms with van der Waals surface area (Å²) in [4.78, 5) is 29.0. The monoisotopic (exact) mass is 498 g/mol. The van der Waals surface area contributed by atoms with Gasteiger partial charge in [-0.3, -0.25) is 9.59 Å². The van der Waals surface area contributed by atoms with Crippen molar-refractivity contribution in [3.63, 3.8) is 0 Å². The number of rotatable bonds is 11. The highest BCUT2D eigenvalue weighted by Crippen LogP contribution is 2.21. The van der Waals surface area contributed by atoms with Crippen LogP contribution in [0.15, 0.2) is 84.9 Å². The van der Waals surface area contributed by atoms with E-state index >= 15 is 0 Å². The fourth-order valence-electron chi connectivity index (χ4n) is 4.88. The van der Waals surface area contributed by atoms with Crippen molar-refractivity contribution in [3.8, 4) is 5.75 Å². The molecule has 37 heavy (non-hydrogen) atoms. The second-order valence-electron chi connectivity index (χ2n) is 10.2. The van der Waals surface area contributed by atoms with Crippen LogP contribution in [-0.4, -0.2) is 35.4 Å². The Balaban J connectivity index is 1.56. The summed E-state index contributed by atoms with van der Waals surface area (Å²) in [6.45, 7) is 4.50. The lowest BCUT2D eigenvalue weighted by Gasteiger charge is -2.32. The molecule has 4 rings (SSSR count). The van der Waals surface area contributed by atoms with Crippen LogP contribution < -0.4 is 10.1 Å². The number of ether oxygens (including phenoxy) is 1. The second kappa shape index (κ2) is 13.1. The Hall–Kier alpha value is -3.60. The maximum absolute atomic E-state index is 13.7. The molecule has 0 radical (unpaired) electrons. The summed E-state index contributed by atoms with van der Waals surface area (Å²) in [5, 5.41) is 3.24. The maximum Gasteiger partial charge on any atom is 0.261 e. The highest BCUT2D eigenvalue weighted by Gasteiger charge is 2.32. The van der Waals surface area contributed by atoms with Crippen LogP contribution in [0.2, 0.25) is 0 Å². The predicted octanol–water partition coefficient (Wildman–Crippen LogP) is 5.89. The Morgan fingerprint density at radius 3 is 2.05 bits per heavy atom. The number of nitrogens with one attached hydrogen (secondary N) is 1. The maximum atomic E-state index is 13.7. The first-order valence-electron chi connectivity index (χ1n) is 13.4. The van der Waals surface area contributed by atoms with Gasteiger partial charge in [-0.2, -0.15) is 0 Å². The minimum atomic E-state index is -0.636. The van der Waals surface area contributed by atoms with Crippen molar-refractivity contribution in [2.75, 3.05) is 6.61 Å². The zero-order chi connectivity index (χ0) is 26.0. The molecule has 1 unspecified atom stereocenters. The van der Waals surface area contributed by atoms with Crippen LogP contribution in [0.4, 0.5) is 0 Å². The van der Waals surface area contributed by atoms with E-state index in [1.54, 1.807) is 4.90 Å². The van der Waals surface area contributed by atoms with Gasteiger partial charge in [-0.15, -0.1) is 0 Å². The van der Waals surface area contributed by atoms with Gasteiger partial charge in [0.15, 0.2) is 6.61 Å². The van der Waals surface area contributed by atoms with Crippen LogP contribution in [0.25, 0.3) is 0 Å². The molecule has 2 amide bonds. The van der Waals surface area contributed by atoms with E-state index < -0.39 is 6.04 Å². The van der Waals surface area contributed by atoms with Crippen molar-refractivity contribution in [1.29, 1.82) is 0 Å². The van der Waals surface area contributed by atoms with Crippen LogP contribution in [-0.2, 0) is 22.6 Å². The van der Waals surface area contributed by atoms with Gasteiger partial charge < -0.3 is 15.0 Å². The molecule has 1 saturated carbocycles. The van der Waals surface area contributed by atoms with E-state index in [4.69, 9.17) is 4.74 Å². The van der Waals surface area contributed by atoms with E-state index in [9.17, 15) is 9.59 Å². The molecule has 0 spiro atoms. The molecule has 3 aromatic carbocycles. The van der Waals surface area contributed by atoms with Gasteiger partial charge >= 0.3 is 0 Å². The highest BCUT2D eigenvalue weighted by atomic mass is 16.5. The molecule has 0 saturated heterocycles. The molecule has 5 heteroatoms. The fourth-order valence-corrected chi connectivity index (χ4v) is 4.88. The molecule has 1 N–H and O–H groups in total. The number of benzene rings is 3. The van der Waals surface area contributed by atoms with E-state index in [2.05, 4.69) is 19.2 Å². The third-order valence-corrected chi connectivity index (χ3v) is 7.08. The standard InChI is InChI=1S/C32H38N2O3/c1-24(2)27-17-19-29(20-18-27)37-23-31(35)34(22-26-13-7-4-8-14-26)30(21-25-11-5-3-6-12-25)32(36)33-28-15-9-10-16-28/h3-8,11-14,17-20,24,28,30H,9-10,15-16,21-23H2,1-2H3,(H,33,36). The summed E-state index contributed by atoms with van der Waals surface area (Å²) in [6.07, 6.45) is 4.69. The van der Waals surface area contributed by atoms with Crippen LogP contribution in [0.3, 0.4) is 0 Å². The van der Waals surface area contributed by atoms with Gasteiger partial charge in [0.05, 0.1) is 0 Å². The van der Waals surface area contributed by atoms with E-state index in [-0.39, 0.29) is 24.5 Å². The first-order chi connectivity index (χ1) is 18.0. The predicted molar refractivity (Wildman–Crippen MR) is 147 cm³/mol. The minimum absolute atomic E-state index is 0.0960. The number of nitrogens with zero attached hydrogens (tertiary/aromatic N) is 1. The SMILES string of the molecule is CC(C)c1ccc(OCC(=O)N(Cc2ccccc2)C(Cc2ccccc2)C(=O)NC2CCCC2)cc1. The molecule has 1 atom stereocenters. The summed E-state index contributed by atoms with van der Waals surface area (Å²) in [6, 6.07) is 27.1. The highest BCUT2D eigenvalue weighted by molar-refractivity contribution is 5.88. The van der Waals surface area contributed by atoms with E-state index in [0.29, 0.717) is 24.6 Å². The van der Waals surface area contributed by atoms with Gasteiger partial charge in [-0.05, 0) is 47.6 Å². The van der Waals surface area contributed by atoms with Crippen molar-refractivity contribution < 1.29 is 14.3 Å². The Bertz CT molecular complexity index is 1120. The smallest absolute Gasteiger partial charge is 0.261 e. The first kappa shape index (κ1) is 26.5. The second-order valence-corrected chi connectivity index (χ2v) is 10.2. The van der Waals surface area contributed by atoms with Crippen LogP contribution in [0, 0.1) is 0 Å². The zero-order valence-corrected chi connectivity index (χ0v) is 21.9. The molecular formula is C32H38N2O3. The van der Waals surface area contributed by atoms with Crippen LogP contribution in [0.1, 0.15) is 62.1 Å². The third-order valence-electron chi connectivity index (χ3n) is 7.08. The summed E-state index contributed by atoms with van der Waals surface area (Å²) >= 11 is 0. The molecular weight excluding hydrogens is 460 g/mol. The fraction of sp³-hybridized carbons (Fsp3) is 0.375. The van der Waals surface area contributed by atoms with Crippen LogP contribution in [0.5, 0.6) is 5.75 Å². The number of hydrogen-bond donors (Lipinski definition) is 1. The first-order valence-corrected chi connectivity index (χ1v) is 13.4. The molecule has 0 aromatic heterocycles. The van der Waals surface area contributed by atoms with Gasteiger partial charge in [-0.25, -0.2) is 0 Å². The van der Waals surface area contributed by atoms with Gasteiger partial charge in [-0.1, -0.05) is 99.5 Å². The average molecular weight is 499 g/mol. The van der Waals surface area contributed by atoms with Gasteiger partial charge in [0.25, 0.3) is 5.91 Å². The van der Waals surface area contributed by atoms with Crippen molar-refractivity contribution in [1.82, 2.24) is 10.2 Å². The Kier molecular flexibility index (Phi) is 9.36. The third kappa shape index (κ3) is 7.69. The Morgan fingerprint density at radius 2 is 1.46 bits per heavy atom. The molecule has 5 nitrogen and oxygen atoms in total. The summed E-state index contributed by atoms with van der Waals surface area (Å²) in [5.41, 5.74) is 3.21. The quantitative estimate of drug-likeness (QED) is 0.359. The lowest BCUT2D eigenvalue weighted by Crippen LogP contribution is -2.53. The van der Waals surface area contributed by atoms with Crippen molar-refractivity contribution in [2.45, 2.75) is 70.5 Å². The van der Waals surface area contributed by atoms with E-state index in [1.807, 2.05) is 84.9 Å². The molecule has 0 heterocycles. The van der Waals surface area contributed by atoms with E-state index in [0.717, 1.165) is 36.8 Å². The Morgan fingerprint density at radius 1 is 0.865 bits per heavy atom. The molecule has 1 aliphatic rings.